The molecule has 4 aromatic rings. The summed E-state index contributed by atoms with van der Waals surface area (Å²) >= 11 is 2.89. The fraction of sp³-hybridized carbons (Fsp3) is 0.0556. The van der Waals surface area contributed by atoms with Crippen LogP contribution < -0.4 is 10.6 Å². The summed E-state index contributed by atoms with van der Waals surface area (Å²) in [6.07, 6.45) is 3.81. The van der Waals surface area contributed by atoms with Crippen molar-refractivity contribution < 1.29 is 9.59 Å². The molecule has 0 unspecified atom stereocenters. The number of amides is 2. The highest BCUT2D eigenvalue weighted by Gasteiger charge is 2.15. The van der Waals surface area contributed by atoms with Crippen molar-refractivity contribution in [3.05, 3.63) is 75.7 Å². The SMILES string of the molecule is O=C(Nc1ccccc1C(=O)NCc1cn2ccsc2n1)c1cccs1. The van der Waals surface area contributed by atoms with Crippen LogP contribution in [-0.4, -0.2) is 21.2 Å². The Labute approximate surface area is 157 Å². The van der Waals surface area contributed by atoms with Gasteiger partial charge in [0.2, 0.25) is 0 Å². The Morgan fingerprint density at radius 3 is 2.73 bits per heavy atom. The lowest BCUT2D eigenvalue weighted by Gasteiger charge is -2.10. The van der Waals surface area contributed by atoms with Gasteiger partial charge in [0, 0.05) is 17.8 Å². The molecule has 0 aliphatic heterocycles. The van der Waals surface area contributed by atoms with Crippen LogP contribution in [0.4, 0.5) is 5.69 Å². The molecule has 3 heterocycles. The summed E-state index contributed by atoms with van der Waals surface area (Å²) < 4.78 is 1.92. The van der Waals surface area contributed by atoms with Gasteiger partial charge in [0.25, 0.3) is 11.8 Å². The maximum Gasteiger partial charge on any atom is 0.265 e. The normalized spacial score (nSPS) is 10.8. The average Bonchev–Trinajstić information content (AvgIpc) is 3.37. The van der Waals surface area contributed by atoms with Crippen molar-refractivity contribution in [2.45, 2.75) is 6.54 Å². The third kappa shape index (κ3) is 3.37. The number of thiophene rings is 1. The molecule has 0 aliphatic carbocycles. The molecule has 6 nitrogen and oxygen atoms in total. The van der Waals surface area contributed by atoms with E-state index in [9.17, 15) is 9.59 Å². The van der Waals surface area contributed by atoms with Crippen LogP contribution in [0.2, 0.25) is 0 Å². The smallest absolute Gasteiger partial charge is 0.265 e. The van der Waals surface area contributed by atoms with Crippen molar-refractivity contribution in [3.8, 4) is 0 Å². The van der Waals surface area contributed by atoms with Crippen LogP contribution in [0, 0.1) is 0 Å². The number of rotatable bonds is 5. The Morgan fingerprint density at radius 2 is 1.92 bits per heavy atom. The minimum Gasteiger partial charge on any atom is -0.346 e. The molecule has 2 amide bonds. The number of hydrogen-bond donors (Lipinski definition) is 2. The largest absolute Gasteiger partial charge is 0.346 e. The average molecular weight is 382 g/mol. The zero-order valence-electron chi connectivity index (χ0n) is 13.5. The maximum atomic E-state index is 12.6. The Balaban J connectivity index is 1.47. The quantitative estimate of drug-likeness (QED) is 0.553. The summed E-state index contributed by atoms with van der Waals surface area (Å²) in [7, 11) is 0. The standard InChI is InChI=1S/C18H14N4O2S2/c23-16(19-10-12-11-22-7-9-26-18(22)20-12)13-4-1-2-5-14(13)21-17(24)15-6-3-8-25-15/h1-9,11H,10H2,(H,19,23)(H,21,24). The second-order valence-electron chi connectivity index (χ2n) is 5.48. The van der Waals surface area contributed by atoms with Gasteiger partial charge in [-0.3, -0.25) is 14.0 Å². The summed E-state index contributed by atoms with van der Waals surface area (Å²) in [5.74, 6) is -0.488. The zero-order valence-corrected chi connectivity index (χ0v) is 15.1. The van der Waals surface area contributed by atoms with Crippen molar-refractivity contribution in [2.24, 2.45) is 0 Å². The van der Waals surface area contributed by atoms with Crippen LogP contribution in [0.5, 0.6) is 0 Å². The van der Waals surface area contributed by atoms with E-state index in [1.165, 1.54) is 22.7 Å². The minimum absolute atomic E-state index is 0.227. The summed E-state index contributed by atoms with van der Waals surface area (Å²) in [5.41, 5.74) is 1.68. The first-order valence-corrected chi connectivity index (χ1v) is 9.60. The van der Waals surface area contributed by atoms with Gasteiger partial charge in [-0.2, -0.15) is 0 Å². The lowest BCUT2D eigenvalue weighted by atomic mass is 10.1. The van der Waals surface area contributed by atoms with Crippen molar-refractivity contribution in [2.75, 3.05) is 5.32 Å². The molecule has 26 heavy (non-hydrogen) atoms. The van der Waals surface area contributed by atoms with Gasteiger partial charge in [0.15, 0.2) is 4.96 Å². The number of para-hydroxylation sites is 1. The molecule has 0 aliphatic rings. The topological polar surface area (TPSA) is 75.5 Å². The fourth-order valence-corrected chi connectivity index (χ4v) is 3.85. The van der Waals surface area contributed by atoms with Crippen molar-refractivity contribution in [3.63, 3.8) is 0 Å². The number of anilines is 1. The predicted octanol–water partition coefficient (Wildman–Crippen LogP) is 3.64. The first-order valence-electron chi connectivity index (χ1n) is 7.84. The highest BCUT2D eigenvalue weighted by Crippen LogP contribution is 2.18. The molecule has 0 saturated carbocycles. The van der Waals surface area contributed by atoms with E-state index < -0.39 is 0 Å². The molecule has 0 bridgehead atoms. The van der Waals surface area contributed by atoms with E-state index in [2.05, 4.69) is 15.6 Å². The van der Waals surface area contributed by atoms with Gasteiger partial charge in [-0.05, 0) is 23.6 Å². The van der Waals surface area contributed by atoms with E-state index in [-0.39, 0.29) is 11.8 Å². The number of fused-ring (bicyclic) bond motifs is 1. The van der Waals surface area contributed by atoms with Crippen LogP contribution in [0.3, 0.4) is 0 Å². The Bertz CT molecular complexity index is 1040. The molecule has 0 spiro atoms. The van der Waals surface area contributed by atoms with Gasteiger partial charge < -0.3 is 10.6 Å². The van der Waals surface area contributed by atoms with Crippen LogP contribution in [0.15, 0.2) is 59.6 Å². The number of carbonyl (C=O) groups is 2. The summed E-state index contributed by atoms with van der Waals surface area (Å²) in [4.78, 5) is 30.7. The molecule has 2 N–H and O–H groups in total. The summed E-state index contributed by atoms with van der Waals surface area (Å²) in [6, 6.07) is 10.5. The van der Waals surface area contributed by atoms with Gasteiger partial charge in [-0.1, -0.05) is 18.2 Å². The molecule has 0 saturated heterocycles. The lowest BCUT2D eigenvalue weighted by Crippen LogP contribution is -2.25. The molecule has 8 heteroatoms. The third-order valence-electron chi connectivity index (χ3n) is 3.74. The number of imidazole rings is 1. The second kappa shape index (κ2) is 7.11. The van der Waals surface area contributed by atoms with Gasteiger partial charge in [-0.25, -0.2) is 4.98 Å². The number of nitrogens with one attached hydrogen (secondary N) is 2. The van der Waals surface area contributed by atoms with Crippen molar-refractivity contribution in [1.82, 2.24) is 14.7 Å². The number of benzene rings is 1. The molecule has 0 radical (unpaired) electrons. The molecular weight excluding hydrogens is 368 g/mol. The van der Waals surface area contributed by atoms with E-state index >= 15 is 0 Å². The zero-order chi connectivity index (χ0) is 17.9. The van der Waals surface area contributed by atoms with Crippen molar-refractivity contribution in [1.29, 1.82) is 0 Å². The monoisotopic (exact) mass is 382 g/mol. The highest BCUT2D eigenvalue weighted by molar-refractivity contribution is 7.15. The fourth-order valence-electron chi connectivity index (χ4n) is 2.51. The maximum absolute atomic E-state index is 12.6. The van der Waals surface area contributed by atoms with Crippen LogP contribution in [0.25, 0.3) is 4.96 Å². The number of thiazole rings is 1. The van der Waals surface area contributed by atoms with E-state index in [4.69, 9.17) is 0 Å². The highest BCUT2D eigenvalue weighted by atomic mass is 32.1. The molecule has 0 fully saturated rings. The lowest BCUT2D eigenvalue weighted by molar-refractivity contribution is 0.0951. The second-order valence-corrected chi connectivity index (χ2v) is 7.31. The number of carbonyl (C=O) groups excluding carboxylic acids is 2. The van der Waals surface area contributed by atoms with Crippen LogP contribution in [-0.2, 0) is 6.54 Å². The third-order valence-corrected chi connectivity index (χ3v) is 5.38. The summed E-state index contributed by atoms with van der Waals surface area (Å²) in [6.45, 7) is 0.320. The van der Waals surface area contributed by atoms with E-state index in [0.29, 0.717) is 22.7 Å². The van der Waals surface area contributed by atoms with Gasteiger partial charge in [-0.15, -0.1) is 22.7 Å². The van der Waals surface area contributed by atoms with Gasteiger partial charge >= 0.3 is 0 Å². The van der Waals surface area contributed by atoms with Crippen LogP contribution in [0.1, 0.15) is 25.7 Å². The molecule has 0 atom stereocenters. The molecular formula is C18H14N4O2S2. The van der Waals surface area contributed by atoms with Crippen LogP contribution >= 0.6 is 22.7 Å². The Morgan fingerprint density at radius 1 is 1.04 bits per heavy atom. The first-order chi connectivity index (χ1) is 12.7. The molecule has 1 aromatic carbocycles. The molecule has 130 valence electrons. The Hall–Kier alpha value is -2.97. The van der Waals surface area contributed by atoms with Crippen molar-refractivity contribution >= 4 is 45.1 Å². The molecule has 3 aromatic heterocycles. The number of hydrogen-bond acceptors (Lipinski definition) is 5. The Kier molecular flexibility index (Phi) is 4.51. The first kappa shape index (κ1) is 16.5. The van der Waals surface area contributed by atoms with E-state index in [1.807, 2.05) is 33.6 Å². The molecule has 4 rings (SSSR count). The predicted molar refractivity (Wildman–Crippen MR) is 103 cm³/mol. The van der Waals surface area contributed by atoms with E-state index in [1.54, 1.807) is 30.3 Å². The summed E-state index contributed by atoms with van der Waals surface area (Å²) in [5, 5.41) is 9.45. The van der Waals surface area contributed by atoms with Gasteiger partial charge in [0.05, 0.1) is 28.4 Å². The minimum atomic E-state index is -0.261. The number of nitrogens with zero attached hydrogens (tertiary/aromatic N) is 2. The van der Waals surface area contributed by atoms with E-state index in [0.717, 1.165) is 10.7 Å². The van der Waals surface area contributed by atoms with Gasteiger partial charge in [0.1, 0.15) is 0 Å². The number of aromatic nitrogens is 2.